The van der Waals surface area contributed by atoms with Crippen molar-refractivity contribution in [1.29, 1.82) is 0 Å². The second-order valence-electron chi connectivity index (χ2n) is 4.91. The van der Waals surface area contributed by atoms with E-state index in [0.717, 1.165) is 6.17 Å². The van der Waals surface area contributed by atoms with Gasteiger partial charge < -0.3 is 0 Å². The Bertz CT molecular complexity index is 667. The third kappa shape index (κ3) is 2.44. The van der Waals surface area contributed by atoms with Crippen molar-refractivity contribution in [2.75, 3.05) is 0 Å². The van der Waals surface area contributed by atoms with Crippen LogP contribution in [0, 0.1) is 5.82 Å². The first kappa shape index (κ1) is 13.2. The van der Waals surface area contributed by atoms with Crippen LogP contribution in [0.1, 0.15) is 0 Å². The summed E-state index contributed by atoms with van der Waals surface area (Å²) in [4.78, 5) is 4.01. The van der Waals surface area contributed by atoms with E-state index in [2.05, 4.69) is 34.1 Å². The van der Waals surface area contributed by atoms with Crippen molar-refractivity contribution in [2.45, 2.75) is 12.7 Å². The molecule has 0 radical (unpaired) electrons. The number of rotatable bonds is 4. The summed E-state index contributed by atoms with van der Waals surface area (Å²) in [6.07, 6.45) is 4.09. The van der Waals surface area contributed by atoms with E-state index in [1.807, 2.05) is 16.8 Å². The molecule has 1 unspecified atom stereocenters. The Kier molecular flexibility index (Phi) is 3.50. The van der Waals surface area contributed by atoms with Gasteiger partial charge in [-0.2, -0.15) is 16.4 Å². The molecule has 0 aliphatic rings. The van der Waals surface area contributed by atoms with Crippen LogP contribution in [0.4, 0.5) is 4.39 Å². The number of hydrogen-bond acceptors (Lipinski definition) is 3. The van der Waals surface area contributed by atoms with E-state index in [1.165, 1.54) is 21.8 Å². The molecule has 2 aromatic heterocycles. The van der Waals surface area contributed by atoms with E-state index in [1.54, 1.807) is 24.0 Å². The smallest absolute Gasteiger partial charge is 0.149 e. The Labute approximate surface area is 121 Å². The lowest BCUT2D eigenvalue weighted by Crippen LogP contribution is -2.58. The van der Waals surface area contributed by atoms with Gasteiger partial charge in [-0.15, -0.1) is 0 Å². The molecule has 0 amide bonds. The topological polar surface area (TPSA) is 30.7 Å². The Morgan fingerprint density at radius 3 is 2.65 bits per heavy atom. The van der Waals surface area contributed by atoms with Crippen LogP contribution in [-0.4, -0.2) is 22.8 Å². The molecule has 3 rings (SSSR count). The van der Waals surface area contributed by atoms with Crippen molar-refractivity contribution >= 4 is 29.1 Å². The highest BCUT2D eigenvalue weighted by Crippen LogP contribution is 2.12. The molecule has 6 heteroatoms. The van der Waals surface area contributed by atoms with Crippen LogP contribution in [0.15, 0.2) is 54.4 Å². The molecule has 3 aromatic rings. The zero-order chi connectivity index (χ0) is 14.0. The molecule has 1 aromatic carbocycles. The minimum absolute atomic E-state index is 0.197. The maximum atomic E-state index is 13.2. The van der Waals surface area contributed by atoms with Gasteiger partial charge in [0.25, 0.3) is 0 Å². The van der Waals surface area contributed by atoms with Crippen LogP contribution >= 0.6 is 11.3 Å². The summed E-state index contributed by atoms with van der Waals surface area (Å²) in [7, 11) is -1.96. The van der Waals surface area contributed by atoms with Crippen molar-refractivity contribution in [3.63, 3.8) is 0 Å². The average molecular weight is 303 g/mol. The summed E-state index contributed by atoms with van der Waals surface area (Å²) < 4.78 is 16.4. The molecule has 3 nitrogen and oxygen atoms in total. The van der Waals surface area contributed by atoms with Crippen molar-refractivity contribution in [3.05, 3.63) is 60.3 Å². The monoisotopic (exact) mass is 303 g/mol. The Hall–Kier alpha value is -1.79. The van der Waals surface area contributed by atoms with Gasteiger partial charge in [0.15, 0.2) is 0 Å². The van der Waals surface area contributed by atoms with Gasteiger partial charge in [-0.25, -0.2) is 9.37 Å². The largest absolute Gasteiger partial charge is 0.255 e. The molecular weight excluding hydrogens is 289 g/mol. The Morgan fingerprint density at radius 1 is 1.25 bits per heavy atom. The van der Waals surface area contributed by atoms with E-state index in [9.17, 15) is 4.39 Å². The van der Waals surface area contributed by atoms with Crippen LogP contribution in [0.25, 0.3) is 0 Å². The zero-order valence-electron chi connectivity index (χ0n) is 11.0. The summed E-state index contributed by atoms with van der Waals surface area (Å²) in [6.45, 7) is 2.29. The van der Waals surface area contributed by atoms with Gasteiger partial charge in [0, 0.05) is 6.17 Å². The van der Waals surface area contributed by atoms with Gasteiger partial charge in [-0.05, 0) is 22.0 Å². The van der Waals surface area contributed by atoms with Crippen LogP contribution < -0.4 is 9.69 Å². The van der Waals surface area contributed by atoms with Crippen LogP contribution in [0.5, 0.6) is 0 Å². The first-order valence-corrected chi connectivity index (χ1v) is 9.89. The molecule has 1 atom stereocenters. The van der Waals surface area contributed by atoms with Crippen LogP contribution in [0.2, 0.25) is 6.55 Å². The highest BCUT2D eigenvalue weighted by atomic mass is 32.1. The van der Waals surface area contributed by atoms with Gasteiger partial charge in [-0.3, -0.25) is 4.68 Å². The molecule has 0 aliphatic heterocycles. The van der Waals surface area contributed by atoms with E-state index < -0.39 is 8.07 Å². The number of hydrogen-bond donors (Lipinski definition) is 0. The van der Waals surface area contributed by atoms with Crippen LogP contribution in [-0.2, 0) is 6.17 Å². The molecule has 102 valence electrons. The number of benzene rings is 1. The molecule has 0 fully saturated rings. The number of aromatic nitrogens is 3. The Morgan fingerprint density at radius 2 is 2.05 bits per heavy atom. The fraction of sp³-hybridized carbons (Fsp3) is 0.143. The van der Waals surface area contributed by atoms with Crippen molar-refractivity contribution in [2.24, 2.45) is 0 Å². The molecule has 0 saturated heterocycles. The zero-order valence-corrected chi connectivity index (χ0v) is 12.8. The maximum absolute atomic E-state index is 13.2. The minimum atomic E-state index is -1.96. The third-order valence-electron chi connectivity index (χ3n) is 3.49. The van der Waals surface area contributed by atoms with Gasteiger partial charge in [-0.1, -0.05) is 36.0 Å². The summed E-state index contributed by atoms with van der Waals surface area (Å²) >= 11 is 1.76. The summed E-state index contributed by atoms with van der Waals surface area (Å²) in [6, 6.07) is 11.1. The minimum Gasteiger partial charge on any atom is -0.255 e. The van der Waals surface area contributed by atoms with Crippen molar-refractivity contribution in [3.8, 4) is 0 Å². The number of nitrogens with zero attached hydrogens (tertiary/aromatic N) is 3. The predicted octanol–water partition coefficient (Wildman–Crippen LogP) is 1.91. The molecule has 2 heterocycles. The van der Waals surface area contributed by atoms with E-state index in [4.69, 9.17) is 0 Å². The summed E-state index contributed by atoms with van der Waals surface area (Å²) in [5.41, 5.74) is 0. The first-order valence-electron chi connectivity index (χ1n) is 6.31. The molecule has 0 saturated carbocycles. The molecule has 0 aliphatic carbocycles. The van der Waals surface area contributed by atoms with Gasteiger partial charge in [0.1, 0.15) is 26.5 Å². The van der Waals surface area contributed by atoms with Gasteiger partial charge in [0.05, 0.1) is 0 Å². The van der Waals surface area contributed by atoms with Gasteiger partial charge in [0.2, 0.25) is 0 Å². The lowest BCUT2D eigenvalue weighted by molar-refractivity contribution is 0.628. The fourth-order valence-electron chi connectivity index (χ4n) is 2.36. The molecule has 0 bridgehead atoms. The quantitative estimate of drug-likeness (QED) is 0.689. The second kappa shape index (κ2) is 5.30. The molecular formula is C14H14FN3SSi. The van der Waals surface area contributed by atoms with Crippen LogP contribution in [0.3, 0.4) is 0 Å². The highest BCUT2D eigenvalue weighted by molar-refractivity contribution is 7.27. The summed E-state index contributed by atoms with van der Waals surface area (Å²) in [5, 5.41) is 7.52. The van der Waals surface area contributed by atoms with Crippen molar-refractivity contribution < 1.29 is 4.39 Å². The third-order valence-corrected chi connectivity index (χ3v) is 9.70. The van der Waals surface area contributed by atoms with Crippen molar-refractivity contribution in [1.82, 2.24) is 14.8 Å². The highest BCUT2D eigenvalue weighted by Gasteiger charge is 2.34. The molecule has 0 N–H and O–H groups in total. The second-order valence-corrected chi connectivity index (χ2v) is 10.3. The Balaban J connectivity index is 2.05. The number of thiophene rings is 1. The lowest BCUT2D eigenvalue weighted by atomic mass is 10.3. The van der Waals surface area contributed by atoms with E-state index in [-0.39, 0.29) is 5.82 Å². The number of halogens is 1. The maximum Gasteiger partial charge on any atom is 0.149 e. The fourth-order valence-corrected chi connectivity index (χ4v) is 7.41. The predicted molar refractivity (Wildman–Crippen MR) is 81.6 cm³/mol. The SMILES string of the molecule is C[Si](Cn1cncn1)(c1ccc(F)cc1)c1cccs1. The first-order chi connectivity index (χ1) is 9.68. The van der Waals surface area contributed by atoms with E-state index >= 15 is 0 Å². The average Bonchev–Trinajstić information content (AvgIpc) is 3.12. The normalized spacial score (nSPS) is 14.1. The summed E-state index contributed by atoms with van der Waals surface area (Å²) in [5.74, 6) is -0.197. The molecule has 0 spiro atoms. The standard InChI is InChI=1S/C14H14FN3SSi/c1-20(14-3-2-8-19-14,11-18-10-16-9-17-18)13-6-4-12(15)5-7-13/h2-10H,11H2,1H3. The molecule has 20 heavy (non-hydrogen) atoms. The van der Waals surface area contributed by atoms with E-state index in [0.29, 0.717) is 0 Å². The van der Waals surface area contributed by atoms with Gasteiger partial charge >= 0.3 is 0 Å². The lowest BCUT2D eigenvalue weighted by Gasteiger charge is -2.26.